The topological polar surface area (TPSA) is 52.6 Å². The van der Waals surface area contributed by atoms with E-state index in [4.69, 9.17) is 16.2 Å². The largest absolute Gasteiger partial charge is 0.294 e. The van der Waals surface area contributed by atoms with Crippen LogP contribution in [0.1, 0.15) is 11.1 Å². The van der Waals surface area contributed by atoms with E-state index >= 15 is 0 Å². The van der Waals surface area contributed by atoms with Crippen molar-refractivity contribution in [2.75, 3.05) is 11.6 Å². The van der Waals surface area contributed by atoms with Gasteiger partial charge in [0.1, 0.15) is 0 Å². The first-order valence-electron chi connectivity index (χ1n) is 4.51. The number of aryl methyl sites for hydroxylation is 1. The van der Waals surface area contributed by atoms with E-state index in [0.29, 0.717) is 11.6 Å². The minimum absolute atomic E-state index is 0.683. The summed E-state index contributed by atoms with van der Waals surface area (Å²) in [5, 5.41) is 2.40. The highest BCUT2D eigenvalue weighted by Gasteiger charge is 2.22. The Hall–Kier alpha value is -0.620. The average molecular weight is 247 g/mol. The fourth-order valence-electron chi connectivity index (χ4n) is 1.91. The molecule has 0 radical (unpaired) electrons. The summed E-state index contributed by atoms with van der Waals surface area (Å²) in [7, 11) is 0. The molecule has 15 heavy (non-hydrogen) atoms. The molecule has 0 spiro atoms. The molecule has 1 aromatic carbocycles. The molecule has 0 fully saturated rings. The lowest BCUT2D eigenvalue weighted by molar-refractivity contribution is 0.545. The molecule has 0 amide bonds. The van der Waals surface area contributed by atoms with E-state index in [1.807, 2.05) is 19.1 Å². The van der Waals surface area contributed by atoms with Crippen molar-refractivity contribution in [1.29, 1.82) is 0 Å². The maximum Gasteiger partial charge on any atom is 0.250 e. The van der Waals surface area contributed by atoms with Crippen LogP contribution in [0, 0.1) is 6.92 Å². The molecule has 1 atom stereocenters. The van der Waals surface area contributed by atoms with Gasteiger partial charge in [-0.2, -0.15) is 0 Å². The first-order valence-corrected chi connectivity index (χ1v) is 6.00. The second kappa shape index (κ2) is 4.09. The highest BCUT2D eigenvalue weighted by molar-refractivity contribution is 7.77. The smallest absolute Gasteiger partial charge is 0.250 e. The van der Waals surface area contributed by atoms with Crippen molar-refractivity contribution in [2.45, 2.75) is 13.3 Å². The van der Waals surface area contributed by atoms with Crippen molar-refractivity contribution in [1.82, 2.24) is 4.83 Å². The maximum absolute atomic E-state index is 10.7. The van der Waals surface area contributed by atoms with Crippen LogP contribution in [-0.2, 0) is 17.7 Å². The number of benzene rings is 1. The summed E-state index contributed by atoms with van der Waals surface area (Å²) in [4.78, 5) is 2.48. The summed E-state index contributed by atoms with van der Waals surface area (Å²) in [6.07, 6.45) is 0.834. The minimum atomic E-state index is -2.03. The molecule has 1 heterocycles. The van der Waals surface area contributed by atoms with E-state index in [1.165, 1.54) is 0 Å². The zero-order valence-corrected chi connectivity index (χ0v) is 9.73. The molecule has 0 bridgehead atoms. The Morgan fingerprint density at radius 1 is 1.60 bits per heavy atom. The molecule has 1 aliphatic rings. The van der Waals surface area contributed by atoms with Crippen molar-refractivity contribution in [3.8, 4) is 0 Å². The van der Waals surface area contributed by atoms with Gasteiger partial charge in [0.25, 0.3) is 11.3 Å². The highest BCUT2D eigenvalue weighted by Crippen LogP contribution is 2.32. The normalized spacial score (nSPS) is 16.6. The van der Waals surface area contributed by atoms with Crippen LogP contribution in [0.5, 0.6) is 0 Å². The van der Waals surface area contributed by atoms with Gasteiger partial charge in [-0.3, -0.25) is 9.56 Å². The molecule has 82 valence electrons. The fourth-order valence-corrected chi connectivity index (χ4v) is 2.58. The number of nitrogens with zero attached hydrogens (tertiary/aromatic N) is 1. The first-order chi connectivity index (χ1) is 7.08. The Morgan fingerprint density at radius 3 is 3.00 bits per heavy atom. The fraction of sp³-hybridized carbons (Fsp3) is 0.333. The van der Waals surface area contributed by atoms with Crippen LogP contribution in [0.4, 0.5) is 5.69 Å². The standard InChI is InChI=1S/C9H11ClN2O2S/c1-6-4-8(10)5-7-2-3-12(9(6)7)11-15(13)14/h4-5,11H,2-3H2,1H3,(H,13,14). The van der Waals surface area contributed by atoms with Crippen LogP contribution in [0.15, 0.2) is 12.1 Å². The summed E-state index contributed by atoms with van der Waals surface area (Å²) in [6, 6.07) is 3.74. The van der Waals surface area contributed by atoms with Gasteiger partial charge in [-0.1, -0.05) is 11.6 Å². The number of halogens is 1. The number of hydrogen-bond donors (Lipinski definition) is 2. The Bertz CT molecular complexity index is 425. The predicted octanol–water partition coefficient (Wildman–Crippen LogP) is 1.65. The Labute approximate surface area is 95.6 Å². The van der Waals surface area contributed by atoms with Gasteiger partial charge in [-0.25, -0.2) is 4.21 Å². The van der Waals surface area contributed by atoms with Gasteiger partial charge < -0.3 is 0 Å². The lowest BCUT2D eigenvalue weighted by Crippen LogP contribution is -2.37. The van der Waals surface area contributed by atoms with Crippen LogP contribution in [0.2, 0.25) is 5.02 Å². The third kappa shape index (κ3) is 2.15. The highest BCUT2D eigenvalue weighted by atomic mass is 35.5. The number of hydrogen-bond acceptors (Lipinski definition) is 2. The zero-order valence-electron chi connectivity index (χ0n) is 8.16. The number of rotatable bonds is 2. The molecule has 0 aromatic heterocycles. The molecule has 6 heteroatoms. The number of hydrazine groups is 1. The molecule has 2 rings (SSSR count). The monoisotopic (exact) mass is 246 g/mol. The second-order valence-electron chi connectivity index (χ2n) is 3.47. The molecule has 0 saturated carbocycles. The van der Waals surface area contributed by atoms with E-state index in [9.17, 15) is 4.21 Å². The summed E-state index contributed by atoms with van der Waals surface area (Å²) in [5.41, 5.74) is 3.08. The summed E-state index contributed by atoms with van der Waals surface area (Å²) >= 11 is 3.90. The quantitative estimate of drug-likeness (QED) is 0.781. The van der Waals surface area contributed by atoms with E-state index in [-0.39, 0.29) is 0 Å². The van der Waals surface area contributed by atoms with Crippen LogP contribution in [-0.4, -0.2) is 15.3 Å². The van der Waals surface area contributed by atoms with Crippen LogP contribution in [0.25, 0.3) is 0 Å². The third-order valence-corrected chi connectivity index (χ3v) is 3.00. The van der Waals surface area contributed by atoms with Gasteiger partial charge >= 0.3 is 0 Å². The lowest BCUT2D eigenvalue weighted by atomic mass is 10.1. The SMILES string of the molecule is Cc1cc(Cl)cc2c1N(NS(=O)O)CC2. The second-order valence-corrected chi connectivity index (χ2v) is 4.59. The van der Waals surface area contributed by atoms with Crippen molar-refractivity contribution >= 4 is 28.6 Å². The lowest BCUT2D eigenvalue weighted by Gasteiger charge is -2.19. The number of anilines is 1. The molecule has 1 aliphatic heterocycles. The van der Waals surface area contributed by atoms with Crippen molar-refractivity contribution < 1.29 is 8.76 Å². The Kier molecular flexibility index (Phi) is 2.97. The van der Waals surface area contributed by atoms with Gasteiger partial charge in [0, 0.05) is 11.6 Å². The Balaban J connectivity index is 2.37. The van der Waals surface area contributed by atoms with E-state index in [0.717, 1.165) is 23.2 Å². The van der Waals surface area contributed by atoms with Crippen molar-refractivity contribution in [3.05, 3.63) is 28.3 Å². The van der Waals surface area contributed by atoms with Gasteiger partial charge in [0.2, 0.25) is 0 Å². The van der Waals surface area contributed by atoms with Crippen LogP contribution >= 0.6 is 11.6 Å². The average Bonchev–Trinajstić information content (AvgIpc) is 2.46. The molecular formula is C9H11ClN2O2S. The summed E-state index contributed by atoms with van der Waals surface area (Å²) in [6.45, 7) is 2.62. The van der Waals surface area contributed by atoms with Crippen molar-refractivity contribution in [3.63, 3.8) is 0 Å². The van der Waals surface area contributed by atoms with Crippen LogP contribution < -0.4 is 9.84 Å². The van der Waals surface area contributed by atoms with Gasteiger partial charge in [0.15, 0.2) is 0 Å². The van der Waals surface area contributed by atoms with Gasteiger partial charge in [-0.15, -0.1) is 4.83 Å². The molecule has 0 aliphatic carbocycles. The first kappa shape index (κ1) is 10.9. The molecule has 0 saturated heterocycles. The molecule has 4 nitrogen and oxygen atoms in total. The third-order valence-electron chi connectivity index (χ3n) is 2.41. The van der Waals surface area contributed by atoms with Gasteiger partial charge in [0.05, 0.1) is 5.69 Å². The van der Waals surface area contributed by atoms with Crippen molar-refractivity contribution in [2.24, 2.45) is 0 Å². The summed E-state index contributed by atoms with van der Waals surface area (Å²) in [5.74, 6) is 0. The number of fused-ring (bicyclic) bond motifs is 1. The van der Waals surface area contributed by atoms with E-state index in [1.54, 1.807) is 5.01 Å². The number of nitrogens with one attached hydrogen (secondary N) is 1. The van der Waals surface area contributed by atoms with Crippen LogP contribution in [0.3, 0.4) is 0 Å². The maximum atomic E-state index is 10.7. The predicted molar refractivity (Wildman–Crippen MR) is 61.1 cm³/mol. The van der Waals surface area contributed by atoms with E-state index in [2.05, 4.69) is 4.83 Å². The Morgan fingerprint density at radius 2 is 2.33 bits per heavy atom. The summed E-state index contributed by atoms with van der Waals surface area (Å²) < 4.78 is 19.5. The minimum Gasteiger partial charge on any atom is -0.294 e. The molecule has 2 N–H and O–H groups in total. The molecule has 1 unspecified atom stereocenters. The van der Waals surface area contributed by atoms with Gasteiger partial charge in [-0.05, 0) is 36.6 Å². The molecule has 1 aromatic rings. The zero-order chi connectivity index (χ0) is 11.0. The molecular weight excluding hydrogens is 236 g/mol. The van der Waals surface area contributed by atoms with E-state index < -0.39 is 11.3 Å².